The van der Waals surface area contributed by atoms with Gasteiger partial charge in [0.2, 0.25) is 0 Å². The molecule has 0 aliphatic rings. The second-order valence-electron chi connectivity index (χ2n) is 35.5. The van der Waals surface area contributed by atoms with Crippen molar-refractivity contribution in [1.29, 1.82) is 0 Å². The topological polar surface area (TPSA) is 54.2 Å². The summed E-state index contributed by atoms with van der Waals surface area (Å²) >= 11 is 5.65. The van der Waals surface area contributed by atoms with Crippen molar-refractivity contribution in [3.05, 3.63) is 467 Å². The molecule has 0 radical (unpaired) electrons. The van der Waals surface area contributed by atoms with Crippen LogP contribution in [0, 0.1) is 0 Å². The average Bonchev–Trinajstić information content (AvgIpc) is 1.57. The summed E-state index contributed by atoms with van der Waals surface area (Å²) in [7, 11) is 0. The molecule has 0 saturated carbocycles. The molecular weight excluding hydrogens is 1720 g/mol. The molecular formula is C128H77N3O3S3. The average molecular weight is 1800 g/mol. The lowest BCUT2D eigenvalue weighted by Crippen LogP contribution is -1.92. The first kappa shape index (κ1) is 78.5. The van der Waals surface area contributed by atoms with Crippen LogP contribution in [0.25, 0.3) is 276 Å². The van der Waals surface area contributed by atoms with Crippen molar-refractivity contribution in [2.24, 2.45) is 0 Å². The first-order chi connectivity index (χ1) is 67.9. The van der Waals surface area contributed by atoms with Crippen LogP contribution in [0.2, 0.25) is 0 Å². The van der Waals surface area contributed by atoms with Crippen molar-refractivity contribution in [2.45, 2.75) is 0 Å². The highest BCUT2D eigenvalue weighted by Crippen LogP contribution is 2.51. The van der Waals surface area contributed by atoms with E-state index in [1.807, 2.05) is 34.0 Å². The Balaban J connectivity index is 0.000000102. The van der Waals surface area contributed by atoms with E-state index in [2.05, 4.69) is 481 Å². The summed E-state index contributed by atoms with van der Waals surface area (Å²) in [6.45, 7) is 0. The van der Waals surface area contributed by atoms with Gasteiger partial charge in [-0.25, -0.2) is 0 Å². The number of aromatic nitrogens is 3. The quantitative estimate of drug-likeness (QED) is 0.137. The molecule has 9 aromatic heterocycles. The molecule has 9 heterocycles. The third-order valence-corrected chi connectivity index (χ3v) is 31.4. The van der Waals surface area contributed by atoms with Gasteiger partial charge in [-0.05, 0) is 221 Å². The monoisotopic (exact) mass is 1800 g/mol. The number of benzene rings is 21. The van der Waals surface area contributed by atoms with Crippen LogP contribution in [0.5, 0.6) is 0 Å². The maximum absolute atomic E-state index is 6.76. The second-order valence-corrected chi connectivity index (χ2v) is 38.7. The molecule has 640 valence electrons. The normalized spacial score (nSPS) is 11.9. The largest absolute Gasteiger partial charge is 0.454 e. The summed E-state index contributed by atoms with van der Waals surface area (Å²) in [5, 5.41) is 20.0. The van der Waals surface area contributed by atoms with Crippen molar-refractivity contribution in [1.82, 2.24) is 13.7 Å². The Bertz CT molecular complexity index is 10100. The van der Waals surface area contributed by atoms with Crippen molar-refractivity contribution in [3.63, 3.8) is 0 Å². The van der Waals surface area contributed by atoms with Crippen molar-refractivity contribution < 1.29 is 13.3 Å². The highest BCUT2D eigenvalue weighted by Gasteiger charge is 2.27. The maximum atomic E-state index is 6.76. The van der Waals surface area contributed by atoms with E-state index in [0.717, 1.165) is 138 Å². The summed E-state index contributed by atoms with van der Waals surface area (Å²) in [6.07, 6.45) is 0. The molecule has 0 bridgehead atoms. The maximum Gasteiger partial charge on any atom is 0.161 e. The SMILES string of the molecule is c1ccc(-c2cccc3c2sc2cccc(-c4ccc(-c5ccc6c(c5)oc5c7ccccc7n(-c7ccccc7)c65)cc4)c23)cc1.c1ccc(-n2c3ccccc3c3oc4c(-c5ccc(-c6ccc7c(c6)sc6ccc8ccccc8c67)cc5)cccc4c32)cc1.c1ccc(-n2c3ccccc3c3oc4cc(-c5ccc(-c6cccc7sc8c9ccccc9ccc8c67)cc5)ccc4c32)cc1. The van der Waals surface area contributed by atoms with Crippen LogP contribution in [0.3, 0.4) is 0 Å². The van der Waals surface area contributed by atoms with E-state index in [9.17, 15) is 0 Å². The Morgan fingerprint density at radius 2 is 0.511 bits per heavy atom. The van der Waals surface area contributed by atoms with E-state index in [4.69, 9.17) is 13.3 Å². The minimum Gasteiger partial charge on any atom is -0.454 e. The smallest absolute Gasteiger partial charge is 0.161 e. The van der Waals surface area contributed by atoms with Crippen molar-refractivity contribution in [3.8, 4) is 95.0 Å². The van der Waals surface area contributed by atoms with Gasteiger partial charge in [-0.2, -0.15) is 0 Å². The van der Waals surface area contributed by atoms with Gasteiger partial charge in [0.05, 0.1) is 16.6 Å². The van der Waals surface area contributed by atoms with Gasteiger partial charge >= 0.3 is 0 Å². The second kappa shape index (κ2) is 31.8. The molecule has 0 unspecified atom stereocenters. The van der Waals surface area contributed by atoms with Gasteiger partial charge in [0, 0.05) is 115 Å². The Hall–Kier alpha value is -17.2. The molecule has 0 aliphatic heterocycles. The standard InChI is InChI=1S/C44H27NOS.2C42H25NOS/c1-3-11-29(12-4-1)34-17-9-18-37-41-33(16-10-20-40(41)47-44(34)37)30-23-21-28(22-24-30)31-25-26-36-39(27-31)46-43-35-15-7-8-19-38(35)45(42(36)43)32-13-5-2-6-14-32;1-2-10-30(11-3-1)43-36-16-7-6-13-33(36)42-40(43)35-15-8-14-32(41(35)44-42)28-19-17-26(18-20-28)29-21-23-34-38(25-29)45-37-24-22-27-9-4-5-12-31(27)39(34)37;1-2-10-30(11-3-1)43-36-15-7-6-13-33(36)41-40(43)34-23-22-29(25-37(34)44-41)26-17-19-28(20-18-26)31-14-8-16-38-39(31)35-24-21-27-9-4-5-12-32(27)42(35)45-38/h1-27H;2*1-25H. The Kier molecular flexibility index (Phi) is 18.2. The lowest BCUT2D eigenvalue weighted by atomic mass is 9.95. The fraction of sp³-hybridized carbons (Fsp3) is 0. The molecule has 30 rings (SSSR count). The van der Waals surface area contributed by atoms with Gasteiger partial charge in [0.15, 0.2) is 16.7 Å². The summed E-state index contributed by atoms with van der Waals surface area (Å²) in [5.41, 5.74) is 32.5. The third kappa shape index (κ3) is 12.7. The molecule has 0 amide bonds. The van der Waals surface area contributed by atoms with E-state index in [1.54, 1.807) is 0 Å². The molecule has 30 aromatic rings. The summed E-state index contributed by atoms with van der Waals surface area (Å²) in [5.74, 6) is 0. The Labute approximate surface area is 797 Å². The highest BCUT2D eigenvalue weighted by molar-refractivity contribution is 7.27. The summed E-state index contributed by atoms with van der Waals surface area (Å²) < 4.78 is 35.0. The highest BCUT2D eigenvalue weighted by atomic mass is 32.1. The van der Waals surface area contributed by atoms with E-state index in [-0.39, 0.29) is 0 Å². The minimum atomic E-state index is 0.899. The van der Waals surface area contributed by atoms with E-state index in [1.165, 1.54) is 138 Å². The molecule has 21 aromatic carbocycles. The number of para-hydroxylation sites is 7. The Morgan fingerprint density at radius 3 is 1.04 bits per heavy atom. The predicted molar refractivity (Wildman–Crippen MR) is 583 cm³/mol. The lowest BCUT2D eigenvalue weighted by molar-refractivity contribution is 0.672. The molecule has 0 atom stereocenters. The lowest BCUT2D eigenvalue weighted by Gasteiger charge is -2.08. The first-order valence-corrected chi connectivity index (χ1v) is 48.9. The van der Waals surface area contributed by atoms with Crippen LogP contribution < -0.4 is 0 Å². The molecule has 0 N–H and O–H groups in total. The molecule has 6 nitrogen and oxygen atoms in total. The van der Waals surface area contributed by atoms with Gasteiger partial charge in [0.25, 0.3) is 0 Å². The third-order valence-electron chi connectivity index (χ3n) is 27.8. The zero-order valence-electron chi connectivity index (χ0n) is 73.7. The fourth-order valence-electron chi connectivity index (χ4n) is 21.5. The van der Waals surface area contributed by atoms with Crippen LogP contribution in [-0.2, 0) is 0 Å². The summed E-state index contributed by atoms with van der Waals surface area (Å²) in [4.78, 5) is 0. The van der Waals surface area contributed by atoms with Crippen LogP contribution in [0.15, 0.2) is 480 Å². The number of fused-ring (bicyclic) bond motifs is 28. The predicted octanol–water partition coefficient (Wildman–Crippen LogP) is 37.7. The van der Waals surface area contributed by atoms with Crippen molar-refractivity contribution in [2.75, 3.05) is 0 Å². The van der Waals surface area contributed by atoms with Crippen LogP contribution in [0.1, 0.15) is 0 Å². The van der Waals surface area contributed by atoms with Gasteiger partial charge in [-0.3, -0.25) is 0 Å². The molecule has 0 saturated heterocycles. The van der Waals surface area contributed by atoms with Crippen LogP contribution in [-0.4, -0.2) is 13.7 Å². The molecule has 0 fully saturated rings. The molecule has 137 heavy (non-hydrogen) atoms. The number of rotatable bonds is 10. The van der Waals surface area contributed by atoms with Gasteiger partial charge in [-0.1, -0.05) is 340 Å². The fourth-order valence-corrected chi connectivity index (χ4v) is 25.2. The number of thiophene rings is 3. The van der Waals surface area contributed by atoms with E-state index < -0.39 is 0 Å². The first-order valence-electron chi connectivity index (χ1n) is 46.5. The van der Waals surface area contributed by atoms with E-state index >= 15 is 0 Å². The zero-order chi connectivity index (χ0) is 89.9. The van der Waals surface area contributed by atoms with Crippen LogP contribution >= 0.6 is 34.0 Å². The number of hydrogen-bond donors (Lipinski definition) is 0. The Morgan fingerprint density at radius 1 is 0.168 bits per heavy atom. The zero-order valence-corrected chi connectivity index (χ0v) is 76.2. The molecule has 0 aliphatic carbocycles. The van der Waals surface area contributed by atoms with Crippen LogP contribution in [0.4, 0.5) is 0 Å². The minimum absolute atomic E-state index is 0.899. The number of hydrogen-bond acceptors (Lipinski definition) is 6. The van der Waals surface area contributed by atoms with Gasteiger partial charge < -0.3 is 27.0 Å². The summed E-state index contributed by atoms with van der Waals surface area (Å²) in [6, 6.07) is 168. The molecule has 0 spiro atoms. The number of furan rings is 3. The van der Waals surface area contributed by atoms with Gasteiger partial charge in [0.1, 0.15) is 33.3 Å². The van der Waals surface area contributed by atoms with Crippen molar-refractivity contribution >= 4 is 215 Å². The van der Waals surface area contributed by atoms with E-state index in [0.29, 0.717) is 0 Å². The number of nitrogens with zero attached hydrogens (tertiary/aromatic N) is 3. The molecule has 9 heteroatoms. The van der Waals surface area contributed by atoms with Gasteiger partial charge in [-0.15, -0.1) is 34.0 Å².